The molecular formula is C26H33NO5S2. The number of aromatic nitrogens is 1. The van der Waals surface area contributed by atoms with Crippen molar-refractivity contribution in [1.82, 2.24) is 4.98 Å². The molecule has 0 amide bonds. The number of carbonyl (C=O) groups excluding carboxylic acids is 2. The van der Waals surface area contributed by atoms with E-state index in [2.05, 4.69) is 29.2 Å². The Kier molecular flexibility index (Phi) is 9.31. The van der Waals surface area contributed by atoms with Gasteiger partial charge < -0.3 is 14.6 Å². The molecule has 2 aliphatic rings. The number of hydrogen-bond donors (Lipinski definition) is 1. The highest BCUT2D eigenvalue weighted by Gasteiger charge is 2.28. The Balaban J connectivity index is 1.39. The second kappa shape index (κ2) is 12.4. The summed E-state index contributed by atoms with van der Waals surface area (Å²) in [5.41, 5.74) is 1.04. The quantitative estimate of drug-likeness (QED) is 0.376. The van der Waals surface area contributed by atoms with E-state index in [1.54, 1.807) is 0 Å². The Morgan fingerprint density at radius 3 is 2.59 bits per heavy atom. The predicted molar refractivity (Wildman–Crippen MR) is 134 cm³/mol. The van der Waals surface area contributed by atoms with Gasteiger partial charge in [-0.2, -0.15) is 0 Å². The topological polar surface area (TPSA) is 85.7 Å². The summed E-state index contributed by atoms with van der Waals surface area (Å²) in [4.78, 5) is 32.1. The van der Waals surface area contributed by atoms with Crippen LogP contribution < -0.4 is 0 Å². The smallest absolute Gasteiger partial charge is 0.191 e. The molecule has 1 aromatic heterocycles. The molecule has 2 aromatic rings. The van der Waals surface area contributed by atoms with E-state index in [0.717, 1.165) is 43.3 Å². The molecule has 0 bridgehead atoms. The van der Waals surface area contributed by atoms with E-state index in [1.165, 1.54) is 42.4 Å². The van der Waals surface area contributed by atoms with E-state index in [9.17, 15) is 14.7 Å². The molecule has 8 heteroatoms. The van der Waals surface area contributed by atoms with E-state index < -0.39 is 6.10 Å². The van der Waals surface area contributed by atoms with Crippen molar-refractivity contribution in [2.24, 2.45) is 5.92 Å². The average Bonchev–Trinajstić information content (AvgIpc) is 3.53. The number of nitrogens with zero attached hydrogens (tertiary/aromatic N) is 1. The minimum atomic E-state index is -0.796. The third kappa shape index (κ3) is 7.21. The summed E-state index contributed by atoms with van der Waals surface area (Å²) in [5, 5.41) is 11.1. The van der Waals surface area contributed by atoms with Gasteiger partial charge in [0.1, 0.15) is 11.9 Å². The Hall–Kier alpha value is -1.58. The second-order valence-electron chi connectivity index (χ2n) is 9.16. The van der Waals surface area contributed by atoms with Crippen LogP contribution in [0.4, 0.5) is 0 Å². The Labute approximate surface area is 209 Å². The zero-order chi connectivity index (χ0) is 23.9. The normalized spacial score (nSPS) is 18.5. The van der Waals surface area contributed by atoms with Crippen LogP contribution in [0.5, 0.6) is 0 Å². The molecule has 0 spiro atoms. The SMILES string of the molecule is COCC(O)c1cnc(C(=O)CCC(=O)C(CC2CCOCC2)c2ccc(SC3CC3)cc2)s1. The van der Waals surface area contributed by atoms with Gasteiger partial charge in [0.25, 0.3) is 0 Å². The number of methoxy groups -OCH3 is 1. The van der Waals surface area contributed by atoms with Crippen LogP contribution in [0, 0.1) is 5.92 Å². The van der Waals surface area contributed by atoms with Crippen LogP contribution in [0.3, 0.4) is 0 Å². The lowest BCUT2D eigenvalue weighted by atomic mass is 9.81. The molecule has 0 radical (unpaired) electrons. The average molecular weight is 504 g/mol. The van der Waals surface area contributed by atoms with Crippen molar-refractivity contribution >= 4 is 34.7 Å². The second-order valence-corrected chi connectivity index (χ2v) is 11.6. The van der Waals surface area contributed by atoms with Gasteiger partial charge in [0.05, 0.1) is 11.5 Å². The highest BCUT2D eigenvalue weighted by Crippen LogP contribution is 2.40. The molecule has 1 aliphatic carbocycles. The Morgan fingerprint density at radius 1 is 1.18 bits per heavy atom. The first kappa shape index (κ1) is 25.5. The maximum Gasteiger partial charge on any atom is 0.191 e. The third-order valence-corrected chi connectivity index (χ3v) is 8.91. The fraction of sp³-hybridized carbons (Fsp3) is 0.577. The van der Waals surface area contributed by atoms with E-state index in [0.29, 0.717) is 15.8 Å². The fourth-order valence-electron chi connectivity index (χ4n) is 4.25. The molecule has 2 heterocycles. The molecule has 1 aliphatic heterocycles. The number of ether oxygens (including phenoxy) is 2. The first-order chi connectivity index (χ1) is 16.5. The summed E-state index contributed by atoms with van der Waals surface area (Å²) in [5.74, 6) is 0.211. The summed E-state index contributed by atoms with van der Waals surface area (Å²) in [6, 6.07) is 8.46. The summed E-state index contributed by atoms with van der Waals surface area (Å²) < 4.78 is 10.5. The van der Waals surface area contributed by atoms with Crippen molar-refractivity contribution < 1.29 is 24.2 Å². The van der Waals surface area contributed by atoms with E-state index in [-0.39, 0.29) is 36.9 Å². The maximum atomic E-state index is 13.4. The van der Waals surface area contributed by atoms with Crippen LogP contribution in [-0.4, -0.2) is 53.8 Å². The van der Waals surface area contributed by atoms with Crippen LogP contribution in [0.25, 0.3) is 0 Å². The van der Waals surface area contributed by atoms with Crippen molar-refractivity contribution in [3.8, 4) is 0 Å². The van der Waals surface area contributed by atoms with Crippen LogP contribution in [-0.2, 0) is 14.3 Å². The predicted octanol–water partition coefficient (Wildman–Crippen LogP) is 5.21. The van der Waals surface area contributed by atoms with Crippen molar-refractivity contribution in [2.45, 2.75) is 67.1 Å². The lowest BCUT2D eigenvalue weighted by Crippen LogP contribution is -2.22. The number of aliphatic hydroxyl groups excluding tert-OH is 1. The van der Waals surface area contributed by atoms with Gasteiger partial charge in [-0.05, 0) is 55.7 Å². The maximum absolute atomic E-state index is 13.4. The zero-order valence-electron chi connectivity index (χ0n) is 19.6. The van der Waals surface area contributed by atoms with Gasteiger partial charge in [0.2, 0.25) is 0 Å². The number of hydrogen-bond acceptors (Lipinski definition) is 8. The van der Waals surface area contributed by atoms with Crippen molar-refractivity contribution in [1.29, 1.82) is 0 Å². The molecule has 2 unspecified atom stereocenters. The van der Waals surface area contributed by atoms with Gasteiger partial charge in [0.15, 0.2) is 10.8 Å². The van der Waals surface area contributed by atoms with Gasteiger partial charge in [-0.3, -0.25) is 9.59 Å². The van der Waals surface area contributed by atoms with Gasteiger partial charge >= 0.3 is 0 Å². The molecule has 1 saturated heterocycles. The third-order valence-electron chi connectivity index (χ3n) is 6.42. The number of thiazole rings is 1. The number of benzene rings is 1. The van der Waals surface area contributed by atoms with Crippen LogP contribution in [0.2, 0.25) is 0 Å². The molecule has 184 valence electrons. The number of rotatable bonds is 13. The van der Waals surface area contributed by atoms with Crippen molar-refractivity contribution in [3.05, 3.63) is 45.9 Å². The highest BCUT2D eigenvalue weighted by atomic mass is 32.2. The molecule has 1 saturated carbocycles. The van der Waals surface area contributed by atoms with Crippen molar-refractivity contribution in [3.63, 3.8) is 0 Å². The van der Waals surface area contributed by atoms with Gasteiger partial charge in [-0.1, -0.05) is 12.1 Å². The molecule has 2 atom stereocenters. The van der Waals surface area contributed by atoms with Gasteiger partial charge in [0, 0.05) is 55.4 Å². The Bertz CT molecular complexity index is 950. The number of aliphatic hydroxyl groups is 1. The molecule has 6 nitrogen and oxygen atoms in total. The lowest BCUT2D eigenvalue weighted by Gasteiger charge is -2.26. The lowest BCUT2D eigenvalue weighted by molar-refractivity contribution is -0.121. The molecule has 4 rings (SSSR count). The first-order valence-corrected chi connectivity index (χ1v) is 13.8. The van der Waals surface area contributed by atoms with E-state index in [1.807, 2.05) is 11.8 Å². The number of thioether (sulfide) groups is 1. The first-order valence-electron chi connectivity index (χ1n) is 12.1. The van der Waals surface area contributed by atoms with Gasteiger partial charge in [-0.25, -0.2) is 4.98 Å². The molecule has 1 N–H and O–H groups in total. The van der Waals surface area contributed by atoms with Crippen LogP contribution in [0.15, 0.2) is 35.4 Å². The van der Waals surface area contributed by atoms with E-state index in [4.69, 9.17) is 9.47 Å². The summed E-state index contributed by atoms with van der Waals surface area (Å²) in [6.45, 7) is 1.66. The van der Waals surface area contributed by atoms with Crippen LogP contribution >= 0.6 is 23.1 Å². The standard InChI is InChI=1S/C26H33NO5S2/c1-31-16-24(30)25-15-27-26(34-25)23(29)9-8-22(28)21(14-17-10-12-32-13-11-17)18-2-4-19(5-3-18)33-20-6-7-20/h2-5,15,17,20-21,24,30H,6-14,16H2,1H3. The Morgan fingerprint density at radius 2 is 1.91 bits per heavy atom. The summed E-state index contributed by atoms with van der Waals surface area (Å²) >= 11 is 3.08. The fourth-order valence-corrected chi connectivity index (χ4v) is 6.16. The molecule has 34 heavy (non-hydrogen) atoms. The number of ketones is 2. The summed E-state index contributed by atoms with van der Waals surface area (Å²) in [7, 11) is 1.51. The highest BCUT2D eigenvalue weighted by molar-refractivity contribution is 8.00. The minimum Gasteiger partial charge on any atom is -0.385 e. The minimum absolute atomic E-state index is 0.110. The molecule has 1 aromatic carbocycles. The van der Waals surface area contributed by atoms with E-state index >= 15 is 0 Å². The molecular weight excluding hydrogens is 470 g/mol. The molecule has 2 fully saturated rings. The number of carbonyl (C=O) groups is 2. The zero-order valence-corrected chi connectivity index (χ0v) is 21.2. The van der Waals surface area contributed by atoms with Gasteiger partial charge in [-0.15, -0.1) is 23.1 Å². The summed E-state index contributed by atoms with van der Waals surface area (Å²) in [6.07, 6.45) is 6.37. The largest absolute Gasteiger partial charge is 0.385 e. The number of Topliss-reactive ketones (excluding diaryl/α,β-unsaturated/α-hetero) is 2. The van der Waals surface area contributed by atoms with Crippen molar-refractivity contribution in [2.75, 3.05) is 26.9 Å². The van der Waals surface area contributed by atoms with Crippen LogP contribution in [0.1, 0.15) is 77.2 Å². The monoisotopic (exact) mass is 503 g/mol.